The molecule has 2 aromatic heterocycles. The molecule has 0 saturated carbocycles. The van der Waals surface area contributed by atoms with Gasteiger partial charge in [0.2, 0.25) is 0 Å². The lowest BCUT2D eigenvalue weighted by molar-refractivity contribution is -0.384. The summed E-state index contributed by atoms with van der Waals surface area (Å²) < 4.78 is 19.1. The Morgan fingerprint density at radius 1 is 1.06 bits per heavy atom. The number of pyridine rings is 1. The number of nitrogens with zero attached hydrogens (tertiary/aromatic N) is 5. The lowest BCUT2D eigenvalue weighted by Gasteiger charge is -2.39. The smallest absolute Gasteiger partial charge is 0.272 e. The zero-order valence-electron chi connectivity index (χ0n) is 16.2. The second-order valence-corrected chi connectivity index (χ2v) is 7.18. The van der Waals surface area contributed by atoms with Gasteiger partial charge in [0.1, 0.15) is 23.5 Å². The van der Waals surface area contributed by atoms with Crippen LogP contribution in [0.1, 0.15) is 0 Å². The molecule has 154 valence electrons. The number of nitro groups is 1. The van der Waals surface area contributed by atoms with Gasteiger partial charge in [0, 0.05) is 47.9 Å². The molecular weight excluding hydrogens is 401 g/mol. The average Bonchev–Trinajstić information content (AvgIpc) is 2.75. The highest BCUT2D eigenvalue weighted by molar-refractivity contribution is 5.93. The number of rotatable bonds is 5. The quantitative estimate of drug-likeness (QED) is 0.358. The lowest BCUT2D eigenvalue weighted by atomic mass is 10.0. The van der Waals surface area contributed by atoms with Crippen molar-refractivity contribution in [3.05, 3.63) is 83.1 Å². The number of non-ortho nitro benzene ring substituents is 1. The molecule has 5 rings (SSSR count). The van der Waals surface area contributed by atoms with E-state index in [4.69, 9.17) is 4.74 Å². The molecule has 0 N–H and O–H groups in total. The second kappa shape index (κ2) is 7.60. The van der Waals surface area contributed by atoms with Crippen LogP contribution in [-0.2, 0) is 0 Å². The zero-order chi connectivity index (χ0) is 21.4. The third kappa shape index (κ3) is 3.73. The first kappa shape index (κ1) is 18.9. The Balaban J connectivity index is 1.34. The standard InChI is InChI=1S/C22H16FN5O3/c23-15-2-1-3-17(8-15)31-18-12-27(13-18)21-5-4-14(11-26-21)19-9-16(28(29)30)10-20-22(19)25-7-6-24-20/h1-11,18H,12-13H2. The maximum absolute atomic E-state index is 13.3. The van der Waals surface area contributed by atoms with Gasteiger partial charge < -0.3 is 9.64 Å². The fourth-order valence-electron chi connectivity index (χ4n) is 3.55. The van der Waals surface area contributed by atoms with E-state index >= 15 is 0 Å². The van der Waals surface area contributed by atoms with Gasteiger partial charge in [-0.05, 0) is 24.3 Å². The molecule has 31 heavy (non-hydrogen) atoms. The largest absolute Gasteiger partial charge is 0.487 e. The van der Waals surface area contributed by atoms with Gasteiger partial charge >= 0.3 is 0 Å². The van der Waals surface area contributed by atoms with E-state index in [1.54, 1.807) is 24.5 Å². The number of hydrogen-bond donors (Lipinski definition) is 0. The first-order chi connectivity index (χ1) is 15.1. The Hall–Kier alpha value is -4.14. The van der Waals surface area contributed by atoms with Crippen molar-refractivity contribution in [2.45, 2.75) is 6.10 Å². The predicted molar refractivity (Wildman–Crippen MR) is 112 cm³/mol. The molecule has 8 nitrogen and oxygen atoms in total. The number of ether oxygens (including phenoxy) is 1. The Morgan fingerprint density at radius 3 is 2.65 bits per heavy atom. The number of benzene rings is 2. The molecule has 0 unspecified atom stereocenters. The van der Waals surface area contributed by atoms with Crippen LogP contribution in [0.3, 0.4) is 0 Å². The molecule has 0 amide bonds. The summed E-state index contributed by atoms with van der Waals surface area (Å²) >= 11 is 0. The maximum atomic E-state index is 13.3. The Labute approximate surface area is 176 Å². The molecule has 0 bridgehead atoms. The predicted octanol–water partition coefficient (Wildman–Crippen LogP) is 4.01. The van der Waals surface area contributed by atoms with Crippen molar-refractivity contribution < 1.29 is 14.1 Å². The van der Waals surface area contributed by atoms with Crippen molar-refractivity contribution in [2.24, 2.45) is 0 Å². The van der Waals surface area contributed by atoms with E-state index in [0.29, 0.717) is 41.0 Å². The molecule has 1 aliphatic heterocycles. The van der Waals surface area contributed by atoms with E-state index in [1.807, 2.05) is 17.0 Å². The molecule has 3 heterocycles. The minimum atomic E-state index is -0.446. The van der Waals surface area contributed by atoms with Gasteiger partial charge in [0.05, 0.1) is 29.0 Å². The summed E-state index contributed by atoms with van der Waals surface area (Å²) in [5.41, 5.74) is 2.30. The van der Waals surface area contributed by atoms with Crippen LogP contribution >= 0.6 is 0 Å². The van der Waals surface area contributed by atoms with Crippen molar-refractivity contribution in [3.63, 3.8) is 0 Å². The monoisotopic (exact) mass is 417 g/mol. The zero-order valence-corrected chi connectivity index (χ0v) is 16.2. The summed E-state index contributed by atoms with van der Waals surface area (Å²) in [6, 6.07) is 12.7. The van der Waals surface area contributed by atoms with E-state index in [1.165, 1.54) is 30.5 Å². The summed E-state index contributed by atoms with van der Waals surface area (Å²) in [5, 5.41) is 11.3. The molecule has 4 aromatic rings. The van der Waals surface area contributed by atoms with Crippen LogP contribution in [0.2, 0.25) is 0 Å². The van der Waals surface area contributed by atoms with Crippen LogP contribution in [0, 0.1) is 15.9 Å². The molecule has 0 radical (unpaired) electrons. The lowest BCUT2D eigenvalue weighted by Crippen LogP contribution is -2.54. The highest BCUT2D eigenvalue weighted by Gasteiger charge is 2.29. The van der Waals surface area contributed by atoms with Crippen molar-refractivity contribution in [1.29, 1.82) is 0 Å². The van der Waals surface area contributed by atoms with Gasteiger partial charge in [-0.15, -0.1) is 0 Å². The van der Waals surface area contributed by atoms with Crippen LogP contribution in [0.4, 0.5) is 15.9 Å². The summed E-state index contributed by atoms with van der Waals surface area (Å²) in [5.74, 6) is 0.944. The van der Waals surface area contributed by atoms with Gasteiger partial charge in [-0.2, -0.15) is 0 Å². The van der Waals surface area contributed by atoms with Crippen molar-refractivity contribution in [1.82, 2.24) is 15.0 Å². The fourth-order valence-corrected chi connectivity index (χ4v) is 3.55. The summed E-state index contributed by atoms with van der Waals surface area (Å²) in [4.78, 5) is 25.9. The van der Waals surface area contributed by atoms with Crippen LogP contribution in [0.15, 0.2) is 67.1 Å². The van der Waals surface area contributed by atoms with Crippen molar-refractivity contribution in [2.75, 3.05) is 18.0 Å². The van der Waals surface area contributed by atoms with E-state index < -0.39 is 4.92 Å². The fraction of sp³-hybridized carbons (Fsp3) is 0.136. The molecule has 0 spiro atoms. The van der Waals surface area contributed by atoms with Gasteiger partial charge in [0.15, 0.2) is 0 Å². The molecule has 2 aromatic carbocycles. The van der Waals surface area contributed by atoms with Gasteiger partial charge in [0.25, 0.3) is 5.69 Å². The third-order valence-electron chi connectivity index (χ3n) is 5.10. The Morgan fingerprint density at radius 2 is 1.90 bits per heavy atom. The van der Waals surface area contributed by atoms with Crippen molar-refractivity contribution >= 4 is 22.5 Å². The minimum Gasteiger partial charge on any atom is -0.487 e. The number of hydrogen-bond acceptors (Lipinski definition) is 7. The SMILES string of the molecule is O=[N+]([O-])c1cc(-c2ccc(N3CC(Oc4cccc(F)c4)C3)nc2)c2nccnc2c1. The summed E-state index contributed by atoms with van der Waals surface area (Å²) in [6.45, 7) is 1.27. The topological polar surface area (TPSA) is 94.3 Å². The molecule has 1 aliphatic rings. The maximum Gasteiger partial charge on any atom is 0.272 e. The summed E-state index contributed by atoms with van der Waals surface area (Å²) in [7, 11) is 0. The highest BCUT2D eigenvalue weighted by Crippen LogP contribution is 2.32. The molecule has 1 saturated heterocycles. The van der Waals surface area contributed by atoms with Crippen LogP contribution in [-0.4, -0.2) is 39.1 Å². The van der Waals surface area contributed by atoms with Crippen LogP contribution in [0.5, 0.6) is 5.75 Å². The van der Waals surface area contributed by atoms with Crippen LogP contribution < -0.4 is 9.64 Å². The second-order valence-electron chi connectivity index (χ2n) is 7.18. The number of nitro benzene ring substituents is 1. The summed E-state index contributed by atoms with van der Waals surface area (Å²) in [6.07, 6.45) is 4.68. The molecule has 0 atom stereocenters. The number of anilines is 1. The molecule has 0 aliphatic carbocycles. The number of fused-ring (bicyclic) bond motifs is 1. The molecule has 9 heteroatoms. The van der Waals surface area contributed by atoms with Gasteiger partial charge in [-0.3, -0.25) is 20.1 Å². The third-order valence-corrected chi connectivity index (χ3v) is 5.10. The Kier molecular flexibility index (Phi) is 4.62. The van der Waals surface area contributed by atoms with Gasteiger partial charge in [-0.25, -0.2) is 9.37 Å². The van der Waals surface area contributed by atoms with E-state index in [0.717, 1.165) is 5.82 Å². The number of aromatic nitrogens is 3. The van der Waals surface area contributed by atoms with E-state index in [9.17, 15) is 14.5 Å². The van der Waals surface area contributed by atoms with Gasteiger partial charge in [-0.1, -0.05) is 6.07 Å². The van der Waals surface area contributed by atoms with E-state index in [-0.39, 0.29) is 17.6 Å². The first-order valence-electron chi connectivity index (χ1n) is 9.59. The molecule has 1 fully saturated rings. The normalized spacial score (nSPS) is 13.8. The average molecular weight is 417 g/mol. The minimum absolute atomic E-state index is 0.0423. The molecular formula is C22H16FN5O3. The first-order valence-corrected chi connectivity index (χ1v) is 9.59. The highest BCUT2D eigenvalue weighted by atomic mass is 19.1. The van der Waals surface area contributed by atoms with Crippen molar-refractivity contribution in [3.8, 4) is 16.9 Å². The van der Waals surface area contributed by atoms with E-state index in [2.05, 4.69) is 15.0 Å². The van der Waals surface area contributed by atoms with Crippen LogP contribution in [0.25, 0.3) is 22.2 Å². The number of halogens is 1. The Bertz CT molecular complexity index is 1280.